The molecule has 2 N–H and O–H groups in total. The van der Waals surface area contributed by atoms with Gasteiger partial charge < -0.3 is 10.1 Å². The summed E-state index contributed by atoms with van der Waals surface area (Å²) in [7, 11) is 1.61. The Hall–Kier alpha value is -1.82. The van der Waals surface area contributed by atoms with Gasteiger partial charge in [-0.15, -0.1) is 0 Å². The van der Waals surface area contributed by atoms with Crippen LogP contribution in [0.3, 0.4) is 0 Å². The molecule has 1 aromatic carbocycles. The SMILES string of the molecule is CCC(CC)NC(=O)Nc1nc2c(OC)cccc2s1. The van der Waals surface area contributed by atoms with Gasteiger partial charge >= 0.3 is 6.03 Å². The van der Waals surface area contributed by atoms with E-state index in [0.717, 1.165) is 23.1 Å². The normalized spacial score (nSPS) is 10.8. The summed E-state index contributed by atoms with van der Waals surface area (Å²) in [5, 5.41) is 6.28. The molecule has 0 saturated carbocycles. The Morgan fingerprint density at radius 1 is 1.40 bits per heavy atom. The monoisotopic (exact) mass is 293 g/mol. The number of rotatable bonds is 5. The van der Waals surface area contributed by atoms with E-state index >= 15 is 0 Å². The number of methoxy groups -OCH3 is 1. The number of nitrogens with zero attached hydrogens (tertiary/aromatic N) is 1. The van der Waals surface area contributed by atoms with E-state index in [9.17, 15) is 4.79 Å². The molecule has 0 aliphatic heterocycles. The first-order valence-corrected chi connectivity index (χ1v) is 7.50. The lowest BCUT2D eigenvalue weighted by atomic mass is 10.2. The molecule has 0 fully saturated rings. The van der Waals surface area contributed by atoms with Gasteiger partial charge in [0.05, 0.1) is 11.8 Å². The van der Waals surface area contributed by atoms with Crippen molar-refractivity contribution in [2.45, 2.75) is 32.7 Å². The van der Waals surface area contributed by atoms with Crippen molar-refractivity contribution < 1.29 is 9.53 Å². The van der Waals surface area contributed by atoms with Gasteiger partial charge in [-0.1, -0.05) is 31.3 Å². The molecular weight excluding hydrogens is 274 g/mol. The first-order valence-electron chi connectivity index (χ1n) is 6.69. The molecule has 0 unspecified atom stereocenters. The summed E-state index contributed by atoms with van der Waals surface area (Å²) in [5.41, 5.74) is 0.776. The predicted octanol–water partition coefficient (Wildman–Crippen LogP) is 3.62. The van der Waals surface area contributed by atoms with Crippen LogP contribution in [0.1, 0.15) is 26.7 Å². The topological polar surface area (TPSA) is 63.2 Å². The molecule has 0 aliphatic carbocycles. The summed E-state index contributed by atoms with van der Waals surface area (Å²) >= 11 is 1.43. The summed E-state index contributed by atoms with van der Waals surface area (Å²) in [4.78, 5) is 16.3. The number of carbonyl (C=O) groups is 1. The summed E-state index contributed by atoms with van der Waals surface area (Å²) in [6.45, 7) is 4.11. The van der Waals surface area contributed by atoms with Gasteiger partial charge in [-0.2, -0.15) is 0 Å². The van der Waals surface area contributed by atoms with Gasteiger partial charge in [0.25, 0.3) is 0 Å². The molecule has 0 radical (unpaired) electrons. The van der Waals surface area contributed by atoms with E-state index in [1.807, 2.05) is 18.2 Å². The van der Waals surface area contributed by atoms with Crippen molar-refractivity contribution in [2.24, 2.45) is 0 Å². The zero-order chi connectivity index (χ0) is 14.5. The number of ether oxygens (including phenoxy) is 1. The van der Waals surface area contributed by atoms with Crippen molar-refractivity contribution >= 4 is 32.7 Å². The van der Waals surface area contributed by atoms with Crippen LogP contribution >= 0.6 is 11.3 Å². The maximum atomic E-state index is 11.9. The van der Waals surface area contributed by atoms with Gasteiger partial charge in [0.1, 0.15) is 11.3 Å². The molecule has 2 rings (SSSR count). The molecule has 108 valence electrons. The second-order valence-corrected chi connectivity index (χ2v) is 5.47. The van der Waals surface area contributed by atoms with E-state index in [1.54, 1.807) is 7.11 Å². The number of thiazole rings is 1. The summed E-state index contributed by atoms with van der Waals surface area (Å²) in [5.74, 6) is 0.715. The van der Waals surface area contributed by atoms with E-state index in [0.29, 0.717) is 10.9 Å². The number of benzene rings is 1. The molecule has 1 aromatic heterocycles. The number of para-hydroxylation sites is 1. The van der Waals surface area contributed by atoms with E-state index in [2.05, 4.69) is 29.5 Å². The zero-order valence-corrected chi connectivity index (χ0v) is 12.7. The van der Waals surface area contributed by atoms with E-state index < -0.39 is 0 Å². The van der Waals surface area contributed by atoms with Crippen LogP contribution in [0.4, 0.5) is 9.93 Å². The molecule has 6 heteroatoms. The van der Waals surface area contributed by atoms with Crippen LogP contribution in [0.5, 0.6) is 5.75 Å². The van der Waals surface area contributed by atoms with Crippen LogP contribution in [0, 0.1) is 0 Å². The molecule has 0 bridgehead atoms. The Labute approximate surface area is 122 Å². The maximum Gasteiger partial charge on any atom is 0.321 e. The summed E-state index contributed by atoms with van der Waals surface area (Å²) in [6.07, 6.45) is 1.83. The number of fused-ring (bicyclic) bond motifs is 1. The van der Waals surface area contributed by atoms with Gasteiger partial charge in [0.2, 0.25) is 0 Å². The highest BCUT2D eigenvalue weighted by molar-refractivity contribution is 7.22. The first kappa shape index (κ1) is 14.6. The fourth-order valence-corrected chi connectivity index (χ4v) is 2.83. The molecule has 0 atom stereocenters. The Morgan fingerprint density at radius 3 is 2.80 bits per heavy atom. The largest absolute Gasteiger partial charge is 0.494 e. The lowest BCUT2D eigenvalue weighted by molar-refractivity contribution is 0.247. The molecule has 0 spiro atoms. The summed E-state index contributed by atoms with van der Waals surface area (Å²) in [6, 6.07) is 5.71. The van der Waals surface area contributed by atoms with Gasteiger partial charge in [-0.05, 0) is 25.0 Å². The van der Waals surface area contributed by atoms with Crippen molar-refractivity contribution in [2.75, 3.05) is 12.4 Å². The molecule has 2 aromatic rings. The number of urea groups is 1. The molecular formula is C14H19N3O2S. The number of nitrogens with one attached hydrogen (secondary N) is 2. The van der Waals surface area contributed by atoms with Gasteiger partial charge in [-0.3, -0.25) is 5.32 Å². The highest BCUT2D eigenvalue weighted by Gasteiger charge is 2.12. The fourth-order valence-electron chi connectivity index (χ4n) is 1.95. The highest BCUT2D eigenvalue weighted by Crippen LogP contribution is 2.31. The lowest BCUT2D eigenvalue weighted by Crippen LogP contribution is -2.37. The quantitative estimate of drug-likeness (QED) is 0.885. The van der Waals surface area contributed by atoms with Crippen LogP contribution < -0.4 is 15.4 Å². The average molecular weight is 293 g/mol. The molecule has 5 nitrogen and oxygen atoms in total. The number of aromatic nitrogens is 1. The van der Waals surface area contributed by atoms with Crippen LogP contribution in [-0.4, -0.2) is 24.2 Å². The second-order valence-electron chi connectivity index (χ2n) is 4.44. The number of carbonyl (C=O) groups excluding carboxylic acids is 1. The highest BCUT2D eigenvalue weighted by atomic mass is 32.1. The predicted molar refractivity (Wildman–Crippen MR) is 82.7 cm³/mol. The molecule has 1 heterocycles. The molecule has 2 amide bonds. The third-order valence-electron chi connectivity index (χ3n) is 3.14. The van der Waals surface area contributed by atoms with Crippen molar-refractivity contribution in [3.05, 3.63) is 18.2 Å². The van der Waals surface area contributed by atoms with E-state index in [1.165, 1.54) is 11.3 Å². The van der Waals surface area contributed by atoms with Crippen molar-refractivity contribution in [3.63, 3.8) is 0 Å². The number of hydrogen-bond donors (Lipinski definition) is 2. The number of anilines is 1. The van der Waals surface area contributed by atoms with E-state index in [-0.39, 0.29) is 12.1 Å². The van der Waals surface area contributed by atoms with Gasteiger partial charge in [0, 0.05) is 6.04 Å². The number of amides is 2. The minimum absolute atomic E-state index is 0.193. The Bertz CT molecular complexity index is 593. The smallest absolute Gasteiger partial charge is 0.321 e. The van der Waals surface area contributed by atoms with Crippen molar-refractivity contribution in [1.29, 1.82) is 0 Å². The Kier molecular flexibility index (Phi) is 4.79. The number of hydrogen-bond acceptors (Lipinski definition) is 4. The average Bonchev–Trinajstić information content (AvgIpc) is 2.86. The molecule has 0 aliphatic rings. The standard InChI is InChI=1S/C14H19N3O2S/c1-4-9(5-2)15-13(18)17-14-16-12-10(19-3)7-6-8-11(12)20-14/h6-9H,4-5H2,1-3H3,(H2,15,16,17,18). The van der Waals surface area contributed by atoms with E-state index in [4.69, 9.17) is 4.74 Å². The minimum Gasteiger partial charge on any atom is -0.494 e. The van der Waals surface area contributed by atoms with Crippen LogP contribution in [0.25, 0.3) is 10.2 Å². The Morgan fingerprint density at radius 2 is 2.15 bits per heavy atom. The summed E-state index contributed by atoms with van der Waals surface area (Å²) < 4.78 is 6.25. The van der Waals surface area contributed by atoms with Crippen molar-refractivity contribution in [3.8, 4) is 5.75 Å². The van der Waals surface area contributed by atoms with Crippen LogP contribution in [0.2, 0.25) is 0 Å². The lowest BCUT2D eigenvalue weighted by Gasteiger charge is -2.14. The minimum atomic E-state index is -0.211. The molecule has 20 heavy (non-hydrogen) atoms. The zero-order valence-electron chi connectivity index (χ0n) is 11.9. The van der Waals surface area contributed by atoms with Crippen LogP contribution in [-0.2, 0) is 0 Å². The second kappa shape index (κ2) is 6.56. The molecule has 0 saturated heterocycles. The van der Waals surface area contributed by atoms with Gasteiger partial charge in [-0.25, -0.2) is 9.78 Å². The van der Waals surface area contributed by atoms with Gasteiger partial charge in [0.15, 0.2) is 5.13 Å². The third-order valence-corrected chi connectivity index (χ3v) is 4.08. The van der Waals surface area contributed by atoms with Crippen molar-refractivity contribution in [1.82, 2.24) is 10.3 Å². The maximum absolute atomic E-state index is 11.9. The third kappa shape index (κ3) is 3.19. The first-order chi connectivity index (χ1) is 9.67. The fraction of sp³-hybridized carbons (Fsp3) is 0.429. The van der Waals surface area contributed by atoms with Crippen LogP contribution in [0.15, 0.2) is 18.2 Å². The Balaban J connectivity index is 2.12.